The molecular weight excluding hydrogens is 265 g/mol. The first-order valence-corrected chi connectivity index (χ1v) is 6.55. The van der Waals surface area contributed by atoms with Gasteiger partial charge in [0.2, 0.25) is 0 Å². The lowest BCUT2D eigenvalue weighted by Gasteiger charge is -2.08. The van der Waals surface area contributed by atoms with E-state index in [0.717, 1.165) is 12.0 Å². The van der Waals surface area contributed by atoms with Gasteiger partial charge in [0.25, 0.3) is 0 Å². The van der Waals surface area contributed by atoms with Crippen molar-refractivity contribution in [1.29, 1.82) is 0 Å². The van der Waals surface area contributed by atoms with E-state index in [9.17, 15) is 4.39 Å². The van der Waals surface area contributed by atoms with Gasteiger partial charge in [0.05, 0.1) is 10.6 Å². The number of halogens is 2. The fourth-order valence-electron chi connectivity index (χ4n) is 2.12. The van der Waals surface area contributed by atoms with E-state index >= 15 is 0 Å². The molecule has 0 atom stereocenters. The van der Waals surface area contributed by atoms with Crippen LogP contribution in [0.4, 0.5) is 10.2 Å². The molecule has 0 spiro atoms. The van der Waals surface area contributed by atoms with E-state index in [1.54, 1.807) is 23.9 Å². The Kier molecular flexibility index (Phi) is 3.80. The zero-order chi connectivity index (χ0) is 14.2. The highest BCUT2D eigenvalue weighted by atomic mass is 35.5. The SMILES string of the molecule is CC(C)Cc1c(-c2c(F)cccc2Cl)nn(C)c1N. The molecule has 102 valence electrons. The summed E-state index contributed by atoms with van der Waals surface area (Å²) in [5, 5.41) is 4.67. The smallest absolute Gasteiger partial charge is 0.134 e. The monoisotopic (exact) mass is 281 g/mol. The molecule has 0 amide bonds. The Morgan fingerprint density at radius 3 is 2.68 bits per heavy atom. The average molecular weight is 282 g/mol. The Morgan fingerprint density at radius 1 is 1.42 bits per heavy atom. The van der Waals surface area contributed by atoms with E-state index in [-0.39, 0.29) is 5.82 Å². The number of anilines is 1. The maximum Gasteiger partial charge on any atom is 0.134 e. The molecule has 0 fully saturated rings. The highest BCUT2D eigenvalue weighted by Crippen LogP contribution is 2.35. The van der Waals surface area contributed by atoms with E-state index in [0.29, 0.717) is 28.0 Å². The summed E-state index contributed by atoms with van der Waals surface area (Å²) in [6.45, 7) is 4.17. The van der Waals surface area contributed by atoms with Crippen LogP contribution in [0.15, 0.2) is 18.2 Å². The van der Waals surface area contributed by atoms with Crippen molar-refractivity contribution in [2.45, 2.75) is 20.3 Å². The van der Waals surface area contributed by atoms with Gasteiger partial charge in [0.1, 0.15) is 17.3 Å². The second-order valence-corrected chi connectivity index (χ2v) is 5.44. The van der Waals surface area contributed by atoms with Crippen molar-refractivity contribution in [1.82, 2.24) is 9.78 Å². The van der Waals surface area contributed by atoms with Crippen molar-refractivity contribution in [2.75, 3.05) is 5.73 Å². The number of benzene rings is 1. The number of nitrogens with two attached hydrogens (primary N) is 1. The topological polar surface area (TPSA) is 43.8 Å². The number of nitrogens with zero attached hydrogens (tertiary/aromatic N) is 2. The van der Waals surface area contributed by atoms with Gasteiger partial charge in [-0.3, -0.25) is 4.68 Å². The molecule has 2 rings (SSSR count). The molecule has 19 heavy (non-hydrogen) atoms. The van der Waals surface area contributed by atoms with E-state index in [2.05, 4.69) is 18.9 Å². The maximum atomic E-state index is 14.0. The van der Waals surface area contributed by atoms with Gasteiger partial charge in [-0.1, -0.05) is 31.5 Å². The van der Waals surface area contributed by atoms with Crippen molar-refractivity contribution in [3.63, 3.8) is 0 Å². The van der Waals surface area contributed by atoms with Gasteiger partial charge in [-0.15, -0.1) is 0 Å². The second kappa shape index (κ2) is 5.21. The number of aryl methyl sites for hydroxylation is 1. The Morgan fingerprint density at radius 2 is 2.11 bits per heavy atom. The van der Waals surface area contributed by atoms with Crippen LogP contribution in [-0.4, -0.2) is 9.78 Å². The molecule has 2 aromatic rings. The van der Waals surface area contributed by atoms with Crippen LogP contribution in [0.1, 0.15) is 19.4 Å². The summed E-state index contributed by atoms with van der Waals surface area (Å²) in [6, 6.07) is 4.62. The van der Waals surface area contributed by atoms with E-state index in [1.165, 1.54) is 6.07 Å². The maximum absolute atomic E-state index is 14.0. The molecule has 1 aromatic heterocycles. The molecule has 2 N–H and O–H groups in total. The number of hydrogen-bond acceptors (Lipinski definition) is 2. The van der Waals surface area contributed by atoms with Crippen LogP contribution in [0.3, 0.4) is 0 Å². The Hall–Kier alpha value is -1.55. The zero-order valence-corrected chi connectivity index (χ0v) is 12.0. The number of nitrogen functional groups attached to an aromatic ring is 1. The van der Waals surface area contributed by atoms with Crippen molar-refractivity contribution in [3.8, 4) is 11.3 Å². The lowest BCUT2D eigenvalue weighted by Crippen LogP contribution is -2.02. The van der Waals surface area contributed by atoms with Crippen LogP contribution in [0.2, 0.25) is 5.02 Å². The van der Waals surface area contributed by atoms with E-state index in [1.807, 2.05) is 0 Å². The van der Waals surface area contributed by atoms with E-state index < -0.39 is 0 Å². The molecule has 1 heterocycles. The number of hydrogen-bond donors (Lipinski definition) is 1. The second-order valence-electron chi connectivity index (χ2n) is 5.03. The third-order valence-corrected chi connectivity index (χ3v) is 3.32. The highest BCUT2D eigenvalue weighted by Gasteiger charge is 2.21. The normalized spacial score (nSPS) is 11.3. The highest BCUT2D eigenvalue weighted by molar-refractivity contribution is 6.33. The zero-order valence-electron chi connectivity index (χ0n) is 11.2. The molecule has 0 bridgehead atoms. The molecule has 1 aromatic carbocycles. The first-order valence-electron chi connectivity index (χ1n) is 6.17. The minimum Gasteiger partial charge on any atom is -0.384 e. The van der Waals surface area contributed by atoms with Gasteiger partial charge in [0, 0.05) is 12.6 Å². The number of aromatic nitrogens is 2. The van der Waals surface area contributed by atoms with Crippen LogP contribution >= 0.6 is 11.6 Å². The van der Waals surface area contributed by atoms with Crippen molar-refractivity contribution in [2.24, 2.45) is 13.0 Å². The minimum atomic E-state index is -0.379. The van der Waals surface area contributed by atoms with Crippen molar-refractivity contribution in [3.05, 3.63) is 34.6 Å². The molecule has 5 heteroatoms. The fourth-order valence-corrected chi connectivity index (χ4v) is 2.37. The van der Waals surface area contributed by atoms with Crippen LogP contribution in [-0.2, 0) is 13.5 Å². The summed E-state index contributed by atoms with van der Waals surface area (Å²) < 4.78 is 15.6. The van der Waals surface area contributed by atoms with Gasteiger partial charge < -0.3 is 5.73 Å². The number of rotatable bonds is 3. The Labute approximate surface area is 117 Å². The van der Waals surface area contributed by atoms with E-state index in [4.69, 9.17) is 17.3 Å². The first-order chi connectivity index (χ1) is 8.91. The largest absolute Gasteiger partial charge is 0.384 e. The lowest BCUT2D eigenvalue weighted by molar-refractivity contribution is 0.628. The van der Waals surface area contributed by atoms with Crippen LogP contribution < -0.4 is 5.73 Å². The Balaban J connectivity index is 2.65. The Bertz CT molecular complexity index is 585. The molecular formula is C14H17ClFN3. The van der Waals surface area contributed by atoms with Gasteiger partial charge in [-0.05, 0) is 24.5 Å². The minimum absolute atomic E-state index is 0.326. The standard InChI is InChI=1S/C14H17ClFN3/c1-8(2)7-9-13(18-19(3)14(9)17)12-10(15)5-4-6-11(12)16/h4-6,8H,7,17H2,1-3H3. The van der Waals surface area contributed by atoms with Crippen molar-refractivity contribution < 1.29 is 4.39 Å². The molecule has 0 unspecified atom stereocenters. The molecule has 0 radical (unpaired) electrons. The first kappa shape index (κ1) is 13.9. The average Bonchev–Trinajstić information content (AvgIpc) is 2.57. The predicted molar refractivity (Wildman–Crippen MR) is 76.6 cm³/mol. The quantitative estimate of drug-likeness (QED) is 0.933. The van der Waals surface area contributed by atoms with Crippen LogP contribution in [0.25, 0.3) is 11.3 Å². The lowest BCUT2D eigenvalue weighted by atomic mass is 9.99. The van der Waals surface area contributed by atoms with Gasteiger partial charge in [-0.2, -0.15) is 5.10 Å². The van der Waals surface area contributed by atoms with Crippen LogP contribution in [0, 0.1) is 11.7 Å². The summed E-state index contributed by atoms with van der Waals surface area (Å²) >= 11 is 6.10. The van der Waals surface area contributed by atoms with Gasteiger partial charge in [-0.25, -0.2) is 4.39 Å². The predicted octanol–water partition coefficient (Wildman–Crippen LogP) is 3.66. The summed E-state index contributed by atoms with van der Waals surface area (Å²) in [7, 11) is 1.75. The third kappa shape index (κ3) is 2.59. The molecule has 0 aliphatic rings. The molecule has 3 nitrogen and oxygen atoms in total. The van der Waals surface area contributed by atoms with Gasteiger partial charge >= 0.3 is 0 Å². The molecule has 0 aliphatic carbocycles. The van der Waals surface area contributed by atoms with Crippen LogP contribution in [0.5, 0.6) is 0 Å². The fraction of sp³-hybridized carbons (Fsp3) is 0.357. The summed E-state index contributed by atoms with van der Waals surface area (Å²) in [5.41, 5.74) is 7.74. The summed E-state index contributed by atoms with van der Waals surface area (Å²) in [6.07, 6.45) is 0.736. The third-order valence-electron chi connectivity index (χ3n) is 3.01. The summed E-state index contributed by atoms with van der Waals surface area (Å²) in [4.78, 5) is 0. The van der Waals surface area contributed by atoms with Gasteiger partial charge in [0.15, 0.2) is 0 Å². The summed E-state index contributed by atoms with van der Waals surface area (Å²) in [5.74, 6) is 0.578. The van der Waals surface area contributed by atoms with Crippen molar-refractivity contribution >= 4 is 17.4 Å². The molecule has 0 saturated heterocycles. The molecule has 0 saturated carbocycles. The molecule has 0 aliphatic heterocycles.